The zero-order chi connectivity index (χ0) is 18.0. The van der Waals surface area contributed by atoms with Crippen molar-refractivity contribution in [3.8, 4) is 0 Å². The molecule has 0 aromatic rings. The van der Waals surface area contributed by atoms with E-state index in [4.69, 9.17) is 4.84 Å². The van der Waals surface area contributed by atoms with E-state index in [0.717, 1.165) is 25.1 Å². The predicted octanol–water partition coefficient (Wildman–Crippen LogP) is 6.42. The molecule has 0 fully saturated rings. The SMILES string of the molecule is CCCCCCCC(CCCCCC)O/N=C(/C)CCCN(C)C. The minimum absolute atomic E-state index is 0.326. The Morgan fingerprint density at radius 2 is 1.38 bits per heavy atom. The van der Waals surface area contributed by atoms with Crippen LogP contribution in [-0.2, 0) is 4.84 Å². The highest BCUT2D eigenvalue weighted by Crippen LogP contribution is 2.16. The molecular weight excluding hydrogens is 296 g/mol. The van der Waals surface area contributed by atoms with Crippen LogP contribution in [0, 0.1) is 0 Å². The lowest BCUT2D eigenvalue weighted by atomic mass is 10.0. The average Bonchev–Trinajstić information content (AvgIpc) is 2.55. The van der Waals surface area contributed by atoms with Gasteiger partial charge in [-0.2, -0.15) is 0 Å². The zero-order valence-electron chi connectivity index (χ0n) is 17.3. The van der Waals surface area contributed by atoms with Crippen molar-refractivity contribution in [2.24, 2.45) is 5.16 Å². The van der Waals surface area contributed by atoms with Crippen molar-refractivity contribution in [2.45, 2.75) is 110 Å². The van der Waals surface area contributed by atoms with Crippen LogP contribution in [0.3, 0.4) is 0 Å². The molecule has 0 rings (SSSR count). The van der Waals surface area contributed by atoms with E-state index < -0.39 is 0 Å². The van der Waals surface area contributed by atoms with Crippen LogP contribution in [0.4, 0.5) is 0 Å². The van der Waals surface area contributed by atoms with Gasteiger partial charge in [0.1, 0.15) is 6.10 Å². The van der Waals surface area contributed by atoms with Gasteiger partial charge in [0.05, 0.1) is 5.71 Å². The summed E-state index contributed by atoms with van der Waals surface area (Å²) in [4.78, 5) is 8.15. The fourth-order valence-electron chi connectivity index (χ4n) is 2.89. The lowest BCUT2D eigenvalue weighted by Gasteiger charge is -2.16. The molecule has 3 heteroatoms. The van der Waals surface area contributed by atoms with Crippen LogP contribution in [0.15, 0.2) is 5.16 Å². The molecule has 1 unspecified atom stereocenters. The highest BCUT2D eigenvalue weighted by Gasteiger charge is 2.10. The molecule has 0 aliphatic rings. The maximum absolute atomic E-state index is 5.92. The molecule has 0 saturated heterocycles. The second kappa shape index (κ2) is 17.3. The summed E-state index contributed by atoms with van der Waals surface area (Å²) in [6.45, 7) is 7.76. The number of hydrogen-bond acceptors (Lipinski definition) is 3. The molecule has 0 spiro atoms. The summed E-state index contributed by atoms with van der Waals surface area (Å²) in [5, 5.41) is 4.43. The Kier molecular flexibility index (Phi) is 16.8. The third kappa shape index (κ3) is 16.3. The van der Waals surface area contributed by atoms with Gasteiger partial charge in [0.25, 0.3) is 0 Å². The molecule has 0 N–H and O–H groups in total. The Labute approximate surface area is 152 Å². The van der Waals surface area contributed by atoms with Gasteiger partial charge in [-0.15, -0.1) is 0 Å². The maximum atomic E-state index is 5.92. The largest absolute Gasteiger partial charge is 0.393 e. The molecule has 0 aliphatic carbocycles. The predicted molar refractivity (Wildman–Crippen MR) is 108 cm³/mol. The highest BCUT2D eigenvalue weighted by atomic mass is 16.6. The molecule has 0 aliphatic heterocycles. The quantitative estimate of drug-likeness (QED) is 0.173. The van der Waals surface area contributed by atoms with Crippen LogP contribution in [0.2, 0.25) is 0 Å². The van der Waals surface area contributed by atoms with Gasteiger partial charge in [0.15, 0.2) is 0 Å². The first kappa shape index (κ1) is 23.4. The number of hydrogen-bond donors (Lipinski definition) is 0. The first-order valence-corrected chi connectivity index (χ1v) is 10.4. The first-order chi connectivity index (χ1) is 11.6. The van der Waals surface area contributed by atoms with E-state index in [0.29, 0.717) is 6.10 Å². The van der Waals surface area contributed by atoms with Gasteiger partial charge in [-0.3, -0.25) is 0 Å². The van der Waals surface area contributed by atoms with Crippen molar-refractivity contribution in [1.29, 1.82) is 0 Å². The summed E-state index contributed by atoms with van der Waals surface area (Å²) in [6.07, 6.45) is 16.8. The Morgan fingerprint density at radius 1 is 0.833 bits per heavy atom. The van der Waals surface area contributed by atoms with Crippen LogP contribution >= 0.6 is 0 Å². The first-order valence-electron chi connectivity index (χ1n) is 10.4. The molecule has 0 heterocycles. The van der Waals surface area contributed by atoms with Gasteiger partial charge in [-0.1, -0.05) is 63.9 Å². The average molecular weight is 341 g/mol. The van der Waals surface area contributed by atoms with E-state index in [2.05, 4.69) is 44.9 Å². The Balaban J connectivity index is 4.09. The summed E-state index contributed by atoms with van der Waals surface area (Å²) in [5.41, 5.74) is 1.14. The Hall–Kier alpha value is -0.570. The smallest absolute Gasteiger partial charge is 0.127 e. The summed E-state index contributed by atoms with van der Waals surface area (Å²) in [7, 11) is 4.24. The fourth-order valence-corrected chi connectivity index (χ4v) is 2.89. The van der Waals surface area contributed by atoms with Crippen LogP contribution < -0.4 is 0 Å². The van der Waals surface area contributed by atoms with E-state index in [1.54, 1.807) is 0 Å². The van der Waals surface area contributed by atoms with Gasteiger partial charge in [-0.25, -0.2) is 0 Å². The number of nitrogens with zero attached hydrogens (tertiary/aromatic N) is 2. The van der Waals surface area contributed by atoms with Crippen molar-refractivity contribution in [3.05, 3.63) is 0 Å². The zero-order valence-corrected chi connectivity index (χ0v) is 17.3. The van der Waals surface area contributed by atoms with Gasteiger partial charge >= 0.3 is 0 Å². The van der Waals surface area contributed by atoms with Crippen molar-refractivity contribution < 1.29 is 4.84 Å². The molecule has 0 aromatic carbocycles. The molecule has 24 heavy (non-hydrogen) atoms. The second-order valence-electron chi connectivity index (χ2n) is 7.51. The van der Waals surface area contributed by atoms with Crippen LogP contribution in [-0.4, -0.2) is 37.4 Å². The lowest BCUT2D eigenvalue weighted by Crippen LogP contribution is -2.14. The van der Waals surface area contributed by atoms with Crippen molar-refractivity contribution in [1.82, 2.24) is 4.90 Å². The normalized spacial score (nSPS) is 13.5. The molecule has 0 bridgehead atoms. The minimum Gasteiger partial charge on any atom is -0.393 e. The third-order valence-electron chi connectivity index (χ3n) is 4.51. The van der Waals surface area contributed by atoms with E-state index in [1.807, 2.05) is 0 Å². The van der Waals surface area contributed by atoms with Crippen LogP contribution in [0.1, 0.15) is 104 Å². The topological polar surface area (TPSA) is 24.8 Å². The molecule has 1 atom stereocenters. The standard InChI is InChI=1S/C21H44N2O/c1-6-8-10-12-14-18-21(17-13-11-9-7-2)24-22-20(3)16-15-19-23(4)5/h21H,6-19H2,1-5H3/b22-20-. The summed E-state index contributed by atoms with van der Waals surface area (Å²) in [6, 6.07) is 0. The van der Waals surface area contributed by atoms with E-state index >= 15 is 0 Å². The van der Waals surface area contributed by atoms with Crippen molar-refractivity contribution >= 4 is 5.71 Å². The van der Waals surface area contributed by atoms with Crippen LogP contribution in [0.5, 0.6) is 0 Å². The Morgan fingerprint density at radius 3 is 1.92 bits per heavy atom. The highest BCUT2D eigenvalue weighted by molar-refractivity contribution is 5.81. The molecule has 3 nitrogen and oxygen atoms in total. The van der Waals surface area contributed by atoms with Gasteiger partial charge in [0, 0.05) is 0 Å². The number of oxime groups is 1. The van der Waals surface area contributed by atoms with Crippen LogP contribution in [0.25, 0.3) is 0 Å². The molecule has 0 radical (unpaired) electrons. The molecule has 144 valence electrons. The molecule has 0 amide bonds. The molecule has 0 saturated carbocycles. The van der Waals surface area contributed by atoms with E-state index in [1.165, 1.54) is 70.6 Å². The second-order valence-corrected chi connectivity index (χ2v) is 7.51. The summed E-state index contributed by atoms with van der Waals surface area (Å²) < 4.78 is 0. The third-order valence-corrected chi connectivity index (χ3v) is 4.51. The monoisotopic (exact) mass is 340 g/mol. The maximum Gasteiger partial charge on any atom is 0.127 e. The van der Waals surface area contributed by atoms with Gasteiger partial charge in [0.2, 0.25) is 0 Å². The van der Waals surface area contributed by atoms with Crippen molar-refractivity contribution in [2.75, 3.05) is 20.6 Å². The molecule has 0 aromatic heterocycles. The lowest BCUT2D eigenvalue weighted by molar-refractivity contribution is 0.0425. The summed E-state index contributed by atoms with van der Waals surface area (Å²) in [5.74, 6) is 0. The fraction of sp³-hybridized carbons (Fsp3) is 0.952. The van der Waals surface area contributed by atoms with Gasteiger partial charge < -0.3 is 9.74 Å². The summed E-state index contributed by atoms with van der Waals surface area (Å²) >= 11 is 0. The number of unbranched alkanes of at least 4 members (excludes halogenated alkanes) is 7. The Bertz CT molecular complexity index is 290. The van der Waals surface area contributed by atoms with E-state index in [-0.39, 0.29) is 0 Å². The molecular formula is C21H44N2O. The number of rotatable bonds is 17. The van der Waals surface area contributed by atoms with Crippen molar-refractivity contribution in [3.63, 3.8) is 0 Å². The van der Waals surface area contributed by atoms with Gasteiger partial charge in [-0.05, 0) is 66.1 Å². The minimum atomic E-state index is 0.326. The van der Waals surface area contributed by atoms with E-state index in [9.17, 15) is 0 Å².